The van der Waals surface area contributed by atoms with E-state index in [1.807, 2.05) is 61.5 Å². The van der Waals surface area contributed by atoms with Crippen LogP contribution in [0.4, 0.5) is 0 Å². The minimum absolute atomic E-state index is 0.163. The number of hydrogen-bond acceptors (Lipinski definition) is 5. The zero-order chi connectivity index (χ0) is 23.6. The van der Waals surface area contributed by atoms with Crippen LogP contribution in [0.2, 0.25) is 0 Å². The van der Waals surface area contributed by atoms with Crippen LogP contribution in [0.1, 0.15) is 28.4 Å². The molecule has 0 bridgehead atoms. The molecule has 0 aromatic heterocycles. The van der Waals surface area contributed by atoms with Gasteiger partial charge in [-0.15, -0.1) is 0 Å². The van der Waals surface area contributed by atoms with Crippen molar-refractivity contribution in [2.24, 2.45) is 5.73 Å². The lowest BCUT2D eigenvalue weighted by molar-refractivity contribution is -0.133. The van der Waals surface area contributed by atoms with E-state index in [9.17, 15) is 9.59 Å². The fraction of sp³-hybridized carbons (Fsp3) is 0.231. The number of hydrogen-bond donors (Lipinski definition) is 1. The zero-order valence-electron chi connectivity index (χ0n) is 18.8. The molecule has 7 heteroatoms. The van der Waals surface area contributed by atoms with Gasteiger partial charge in [0.1, 0.15) is 23.9 Å². The summed E-state index contributed by atoms with van der Waals surface area (Å²) in [6.07, 6.45) is 0. The van der Waals surface area contributed by atoms with Crippen LogP contribution >= 0.6 is 0 Å². The van der Waals surface area contributed by atoms with Gasteiger partial charge in [-0.25, -0.2) is 0 Å². The number of benzene rings is 3. The van der Waals surface area contributed by atoms with Crippen molar-refractivity contribution in [3.8, 4) is 17.2 Å². The van der Waals surface area contributed by atoms with Crippen molar-refractivity contribution < 1.29 is 23.8 Å². The van der Waals surface area contributed by atoms with E-state index < -0.39 is 5.91 Å². The molecule has 3 aromatic carbocycles. The van der Waals surface area contributed by atoms with Gasteiger partial charge in [0.25, 0.3) is 11.8 Å². The molecular weight excluding hydrogens is 420 g/mol. The molecule has 0 aliphatic rings. The monoisotopic (exact) mass is 448 g/mol. The Morgan fingerprint density at radius 3 is 2.21 bits per heavy atom. The molecule has 2 N–H and O–H groups in total. The quantitative estimate of drug-likeness (QED) is 0.482. The summed E-state index contributed by atoms with van der Waals surface area (Å²) in [5.41, 5.74) is 7.65. The molecule has 0 fully saturated rings. The highest BCUT2D eigenvalue weighted by molar-refractivity contribution is 5.96. The number of likely N-dealkylation sites (N-methyl/N-ethyl adjacent to an activating group) is 1. The number of carbonyl (C=O) groups is 2. The highest BCUT2D eigenvalue weighted by Gasteiger charge is 2.16. The van der Waals surface area contributed by atoms with Crippen LogP contribution in [0, 0.1) is 0 Å². The van der Waals surface area contributed by atoms with E-state index in [1.165, 1.54) is 13.2 Å². The number of nitrogens with two attached hydrogens (primary N) is 1. The lowest BCUT2D eigenvalue weighted by Crippen LogP contribution is -2.34. The van der Waals surface area contributed by atoms with Crippen molar-refractivity contribution in [2.75, 3.05) is 20.3 Å². The van der Waals surface area contributed by atoms with Crippen molar-refractivity contribution in [2.45, 2.75) is 20.1 Å². The molecule has 0 spiro atoms. The van der Waals surface area contributed by atoms with Crippen LogP contribution in [-0.4, -0.2) is 37.0 Å². The van der Waals surface area contributed by atoms with E-state index >= 15 is 0 Å². The summed E-state index contributed by atoms with van der Waals surface area (Å²) in [6.45, 7) is 3.13. The van der Waals surface area contributed by atoms with Crippen molar-refractivity contribution in [3.63, 3.8) is 0 Å². The number of rotatable bonds is 11. The molecule has 2 amide bonds. The largest absolute Gasteiger partial charge is 0.497 e. The average molecular weight is 449 g/mol. The van der Waals surface area contributed by atoms with E-state index in [2.05, 4.69) is 0 Å². The van der Waals surface area contributed by atoms with Gasteiger partial charge in [-0.1, -0.05) is 42.5 Å². The first-order valence-corrected chi connectivity index (χ1v) is 10.6. The van der Waals surface area contributed by atoms with E-state index in [0.717, 1.165) is 16.9 Å². The fourth-order valence-electron chi connectivity index (χ4n) is 3.21. The maximum absolute atomic E-state index is 12.7. The van der Waals surface area contributed by atoms with Crippen molar-refractivity contribution >= 4 is 11.8 Å². The second-order valence-electron chi connectivity index (χ2n) is 7.34. The van der Waals surface area contributed by atoms with Gasteiger partial charge in [0, 0.05) is 13.1 Å². The smallest absolute Gasteiger partial charge is 0.260 e. The summed E-state index contributed by atoms with van der Waals surface area (Å²) in [7, 11) is 1.49. The number of ether oxygens (including phenoxy) is 3. The maximum atomic E-state index is 12.7. The van der Waals surface area contributed by atoms with Crippen LogP contribution < -0.4 is 19.9 Å². The van der Waals surface area contributed by atoms with Crippen molar-refractivity contribution in [3.05, 3.63) is 89.5 Å². The van der Waals surface area contributed by atoms with Gasteiger partial charge in [0.05, 0.1) is 12.7 Å². The van der Waals surface area contributed by atoms with Crippen molar-refractivity contribution in [1.82, 2.24) is 4.90 Å². The second kappa shape index (κ2) is 11.6. The summed E-state index contributed by atoms with van der Waals surface area (Å²) < 4.78 is 16.5. The number of carbonyl (C=O) groups excluding carboxylic acids is 2. The number of primary amides is 1. The molecule has 0 heterocycles. The third-order valence-electron chi connectivity index (χ3n) is 5.08. The summed E-state index contributed by atoms with van der Waals surface area (Å²) >= 11 is 0. The zero-order valence-corrected chi connectivity index (χ0v) is 18.8. The van der Waals surface area contributed by atoms with Gasteiger partial charge in [0.2, 0.25) is 0 Å². The Bertz CT molecular complexity index is 1070. The van der Waals surface area contributed by atoms with Crippen LogP contribution in [-0.2, 0) is 17.9 Å². The molecular formula is C26H28N2O5. The lowest BCUT2D eigenvalue weighted by atomic mass is 10.2. The molecule has 172 valence electrons. The normalized spacial score (nSPS) is 10.4. The summed E-state index contributed by atoms with van der Waals surface area (Å²) in [4.78, 5) is 26.1. The standard InChI is InChI=1S/C26H28N2O5/c1-3-28(25(29)18-33-24-14-13-22(31-2)15-23(24)26(27)30)16-19-9-11-21(12-10-19)32-17-20-7-5-4-6-8-20/h4-15H,3,16-18H2,1-2H3,(H2,27,30). The van der Waals surface area contributed by atoms with E-state index in [0.29, 0.717) is 25.4 Å². The Hall–Kier alpha value is -4.00. The Morgan fingerprint density at radius 1 is 0.879 bits per heavy atom. The Morgan fingerprint density at radius 2 is 1.58 bits per heavy atom. The number of nitrogens with zero attached hydrogens (tertiary/aromatic N) is 1. The molecule has 0 radical (unpaired) electrons. The molecule has 0 unspecified atom stereocenters. The lowest BCUT2D eigenvalue weighted by Gasteiger charge is -2.21. The summed E-state index contributed by atoms with van der Waals surface area (Å²) in [6, 6.07) is 22.3. The van der Waals surface area contributed by atoms with Gasteiger partial charge in [-0.3, -0.25) is 9.59 Å². The Kier molecular flexibility index (Phi) is 8.30. The summed E-state index contributed by atoms with van der Waals surface area (Å²) in [5, 5.41) is 0. The van der Waals surface area contributed by atoms with E-state index in [-0.39, 0.29) is 23.8 Å². The van der Waals surface area contributed by atoms with Crippen LogP contribution in [0.15, 0.2) is 72.8 Å². The molecule has 0 atom stereocenters. The van der Waals surface area contributed by atoms with Crippen LogP contribution in [0.25, 0.3) is 0 Å². The average Bonchev–Trinajstić information content (AvgIpc) is 2.85. The number of methoxy groups -OCH3 is 1. The van der Waals surface area contributed by atoms with Crippen LogP contribution in [0.3, 0.4) is 0 Å². The summed E-state index contributed by atoms with van der Waals surface area (Å²) in [5.74, 6) is 0.631. The Labute approximate surface area is 193 Å². The van der Waals surface area contributed by atoms with Crippen molar-refractivity contribution in [1.29, 1.82) is 0 Å². The van der Waals surface area contributed by atoms with Gasteiger partial charge >= 0.3 is 0 Å². The first kappa shape index (κ1) is 23.7. The third kappa shape index (κ3) is 6.74. The van der Waals surface area contributed by atoms with E-state index in [1.54, 1.807) is 17.0 Å². The predicted octanol–water partition coefficient (Wildman–Crippen LogP) is 3.80. The first-order chi connectivity index (χ1) is 16.0. The minimum atomic E-state index is -0.654. The molecule has 33 heavy (non-hydrogen) atoms. The van der Waals surface area contributed by atoms with Crippen LogP contribution in [0.5, 0.6) is 17.2 Å². The third-order valence-corrected chi connectivity index (χ3v) is 5.08. The molecule has 0 aliphatic heterocycles. The van der Waals surface area contributed by atoms with Gasteiger partial charge in [-0.2, -0.15) is 0 Å². The highest BCUT2D eigenvalue weighted by Crippen LogP contribution is 2.24. The Balaban J connectivity index is 1.56. The second-order valence-corrected chi connectivity index (χ2v) is 7.34. The van der Waals surface area contributed by atoms with E-state index in [4.69, 9.17) is 19.9 Å². The van der Waals surface area contributed by atoms with Gasteiger partial charge in [-0.05, 0) is 48.4 Å². The topological polar surface area (TPSA) is 91.1 Å². The molecule has 3 rings (SSSR count). The predicted molar refractivity (Wildman–Crippen MR) is 125 cm³/mol. The van der Waals surface area contributed by atoms with Gasteiger partial charge < -0.3 is 24.8 Å². The molecule has 0 aliphatic carbocycles. The maximum Gasteiger partial charge on any atom is 0.260 e. The minimum Gasteiger partial charge on any atom is -0.497 e. The fourth-order valence-corrected chi connectivity index (χ4v) is 3.21. The molecule has 7 nitrogen and oxygen atoms in total. The van der Waals surface area contributed by atoms with Gasteiger partial charge in [0.15, 0.2) is 6.61 Å². The first-order valence-electron chi connectivity index (χ1n) is 10.6. The molecule has 0 saturated heterocycles. The SMILES string of the molecule is CCN(Cc1ccc(OCc2ccccc2)cc1)C(=O)COc1ccc(OC)cc1C(N)=O. The molecule has 3 aromatic rings. The highest BCUT2D eigenvalue weighted by atomic mass is 16.5. The number of amides is 2. The molecule has 0 saturated carbocycles.